The maximum Gasteiger partial charge on any atom is 0.307 e. The Morgan fingerprint density at radius 1 is 1.40 bits per heavy atom. The number of carboxylic acids is 1. The van der Waals surface area contributed by atoms with Crippen LogP contribution in [0.3, 0.4) is 0 Å². The monoisotopic (exact) mass is 269 g/mol. The van der Waals surface area contributed by atoms with Crippen molar-refractivity contribution in [1.29, 1.82) is 0 Å². The van der Waals surface area contributed by atoms with Crippen LogP contribution in [0.1, 0.15) is 11.3 Å². The highest BCUT2D eigenvalue weighted by molar-refractivity contribution is 5.96. The molecule has 2 N–H and O–H groups in total. The lowest BCUT2D eigenvalue weighted by Crippen LogP contribution is -2.01. The zero-order valence-corrected chi connectivity index (χ0v) is 11.3. The molecule has 3 aromatic rings. The lowest BCUT2D eigenvalue weighted by Gasteiger charge is -2.00. The van der Waals surface area contributed by atoms with Gasteiger partial charge in [0.1, 0.15) is 0 Å². The molecule has 5 nitrogen and oxygen atoms in total. The van der Waals surface area contributed by atoms with E-state index >= 15 is 0 Å². The van der Waals surface area contributed by atoms with Gasteiger partial charge in [-0.25, -0.2) is 0 Å². The summed E-state index contributed by atoms with van der Waals surface area (Å²) in [7, 11) is 1.97. The second kappa shape index (κ2) is 4.52. The molecule has 2 heterocycles. The Hall–Kier alpha value is -2.56. The van der Waals surface area contributed by atoms with Gasteiger partial charge in [-0.1, -0.05) is 18.2 Å². The fourth-order valence-electron chi connectivity index (χ4n) is 2.57. The van der Waals surface area contributed by atoms with Crippen LogP contribution < -0.4 is 0 Å². The molecule has 0 spiro atoms. The lowest BCUT2D eigenvalue weighted by atomic mass is 10.0. The number of benzene rings is 1. The van der Waals surface area contributed by atoms with Gasteiger partial charge < -0.3 is 9.67 Å². The van der Waals surface area contributed by atoms with Gasteiger partial charge >= 0.3 is 5.97 Å². The minimum Gasteiger partial charge on any atom is -0.481 e. The minimum absolute atomic E-state index is 0.0269. The van der Waals surface area contributed by atoms with Crippen LogP contribution in [0.15, 0.2) is 30.5 Å². The van der Waals surface area contributed by atoms with Crippen LogP contribution >= 0.6 is 0 Å². The van der Waals surface area contributed by atoms with Crippen LogP contribution in [-0.2, 0) is 18.3 Å². The molecule has 0 aliphatic carbocycles. The van der Waals surface area contributed by atoms with Gasteiger partial charge in [0.05, 0.1) is 12.1 Å². The molecule has 1 aromatic carbocycles. The third-order valence-corrected chi connectivity index (χ3v) is 3.55. The summed E-state index contributed by atoms with van der Waals surface area (Å²) in [5.74, 6) is -0.851. The number of aromatic amines is 1. The molecule has 5 heteroatoms. The number of aryl methyl sites for hydroxylation is 2. The van der Waals surface area contributed by atoms with Crippen LogP contribution in [0.25, 0.3) is 22.2 Å². The summed E-state index contributed by atoms with van der Waals surface area (Å²) in [6.45, 7) is 1.85. The molecule has 3 rings (SSSR count). The molecule has 0 unspecified atom stereocenters. The zero-order chi connectivity index (χ0) is 14.3. The Labute approximate surface area is 115 Å². The van der Waals surface area contributed by atoms with Crippen molar-refractivity contribution in [3.8, 4) is 11.3 Å². The van der Waals surface area contributed by atoms with Crippen LogP contribution in [0.5, 0.6) is 0 Å². The summed E-state index contributed by atoms with van der Waals surface area (Å²) in [6, 6.07) is 8.02. The fourth-order valence-corrected chi connectivity index (χ4v) is 2.57. The van der Waals surface area contributed by atoms with Gasteiger partial charge in [0.15, 0.2) is 0 Å². The van der Waals surface area contributed by atoms with Gasteiger partial charge in [-0.15, -0.1) is 0 Å². The van der Waals surface area contributed by atoms with Crippen LogP contribution in [0.2, 0.25) is 0 Å². The van der Waals surface area contributed by atoms with Crippen molar-refractivity contribution >= 4 is 16.9 Å². The predicted octanol–water partition coefficient (Wildman–Crippen LogP) is 2.50. The van der Waals surface area contributed by atoms with E-state index in [1.807, 2.05) is 49.0 Å². The maximum atomic E-state index is 11.0. The first kappa shape index (κ1) is 12.5. The van der Waals surface area contributed by atoms with Crippen molar-refractivity contribution in [2.75, 3.05) is 0 Å². The summed E-state index contributed by atoms with van der Waals surface area (Å²) in [5.41, 5.74) is 4.33. The van der Waals surface area contributed by atoms with Crippen molar-refractivity contribution in [2.45, 2.75) is 13.3 Å². The standard InChI is InChI=1S/C15H15N3O2/c1-9-11(7-14(19)20)15(17-16-9)12-8-18(2)13-6-4-3-5-10(12)13/h3-6,8H,7H2,1-2H3,(H,16,17)(H,19,20). The van der Waals surface area contributed by atoms with E-state index in [1.54, 1.807) is 0 Å². The van der Waals surface area contributed by atoms with E-state index in [1.165, 1.54) is 0 Å². The Bertz CT molecular complexity index is 799. The highest BCUT2D eigenvalue weighted by atomic mass is 16.4. The first-order chi connectivity index (χ1) is 9.58. The molecule has 0 aliphatic rings. The molecule has 0 saturated carbocycles. The summed E-state index contributed by atoms with van der Waals surface area (Å²) in [5, 5.41) is 17.3. The maximum absolute atomic E-state index is 11.0. The first-order valence-electron chi connectivity index (χ1n) is 6.38. The summed E-state index contributed by atoms with van der Waals surface area (Å²) < 4.78 is 2.03. The number of nitrogens with one attached hydrogen (secondary N) is 1. The number of rotatable bonds is 3. The average molecular weight is 269 g/mol. The van der Waals surface area contributed by atoms with E-state index in [9.17, 15) is 4.79 Å². The van der Waals surface area contributed by atoms with Gasteiger partial charge in [-0.3, -0.25) is 9.89 Å². The Morgan fingerprint density at radius 3 is 2.90 bits per heavy atom. The van der Waals surface area contributed by atoms with Crippen molar-refractivity contribution in [3.63, 3.8) is 0 Å². The minimum atomic E-state index is -0.851. The van der Waals surface area contributed by atoms with E-state index in [0.29, 0.717) is 0 Å². The van der Waals surface area contributed by atoms with Gasteiger partial charge in [-0.05, 0) is 13.0 Å². The quantitative estimate of drug-likeness (QED) is 0.767. The van der Waals surface area contributed by atoms with Crippen molar-refractivity contribution in [1.82, 2.24) is 14.8 Å². The zero-order valence-electron chi connectivity index (χ0n) is 11.3. The highest BCUT2D eigenvalue weighted by Crippen LogP contribution is 2.32. The second-order valence-corrected chi connectivity index (χ2v) is 4.92. The number of carbonyl (C=O) groups is 1. The molecule has 102 valence electrons. The van der Waals surface area contributed by atoms with Gasteiger partial charge in [0.25, 0.3) is 0 Å². The number of H-pyrrole nitrogens is 1. The van der Waals surface area contributed by atoms with Crippen molar-refractivity contribution < 1.29 is 9.90 Å². The Morgan fingerprint density at radius 2 is 2.15 bits per heavy atom. The Balaban J connectivity index is 2.24. The molecule has 0 radical (unpaired) electrons. The van der Waals surface area contributed by atoms with E-state index in [2.05, 4.69) is 10.2 Å². The van der Waals surface area contributed by atoms with E-state index in [4.69, 9.17) is 5.11 Å². The van der Waals surface area contributed by atoms with E-state index in [0.717, 1.165) is 33.4 Å². The molecule has 0 atom stereocenters. The average Bonchev–Trinajstić information content (AvgIpc) is 2.92. The van der Waals surface area contributed by atoms with Crippen molar-refractivity contribution in [2.24, 2.45) is 7.05 Å². The van der Waals surface area contributed by atoms with E-state index < -0.39 is 5.97 Å². The number of aliphatic carboxylic acids is 1. The topological polar surface area (TPSA) is 70.9 Å². The number of aromatic nitrogens is 3. The second-order valence-electron chi connectivity index (χ2n) is 4.92. The summed E-state index contributed by atoms with van der Waals surface area (Å²) in [4.78, 5) is 11.0. The third-order valence-electron chi connectivity index (χ3n) is 3.55. The molecule has 0 bridgehead atoms. The Kier molecular flexibility index (Phi) is 2.82. The molecule has 20 heavy (non-hydrogen) atoms. The van der Waals surface area contributed by atoms with Gasteiger partial charge in [0, 0.05) is 41.0 Å². The van der Waals surface area contributed by atoms with Crippen LogP contribution in [0, 0.1) is 6.92 Å². The van der Waals surface area contributed by atoms with Gasteiger partial charge in [-0.2, -0.15) is 5.10 Å². The third kappa shape index (κ3) is 1.87. The smallest absolute Gasteiger partial charge is 0.307 e. The molecule has 0 amide bonds. The number of para-hydroxylation sites is 1. The number of fused-ring (bicyclic) bond motifs is 1. The van der Waals surface area contributed by atoms with Crippen LogP contribution in [-0.4, -0.2) is 25.8 Å². The summed E-state index contributed by atoms with van der Waals surface area (Å²) >= 11 is 0. The van der Waals surface area contributed by atoms with E-state index in [-0.39, 0.29) is 6.42 Å². The highest BCUT2D eigenvalue weighted by Gasteiger charge is 2.18. The molecule has 0 aliphatic heterocycles. The molecule has 0 fully saturated rings. The molecular weight excluding hydrogens is 254 g/mol. The SMILES string of the molecule is Cc1[nH]nc(-c2cn(C)c3ccccc23)c1CC(=O)O. The molecule has 0 saturated heterocycles. The predicted molar refractivity (Wildman–Crippen MR) is 76.6 cm³/mol. The summed E-state index contributed by atoms with van der Waals surface area (Å²) in [6.07, 6.45) is 1.96. The number of carboxylic acid groups (broad SMARTS) is 1. The largest absolute Gasteiger partial charge is 0.481 e. The van der Waals surface area contributed by atoms with Gasteiger partial charge in [0.2, 0.25) is 0 Å². The lowest BCUT2D eigenvalue weighted by molar-refractivity contribution is -0.136. The normalized spacial score (nSPS) is 11.1. The van der Waals surface area contributed by atoms with Crippen LogP contribution in [0.4, 0.5) is 0 Å². The first-order valence-corrected chi connectivity index (χ1v) is 6.38. The molecule has 2 aromatic heterocycles. The van der Waals surface area contributed by atoms with Crippen molar-refractivity contribution in [3.05, 3.63) is 41.7 Å². The number of hydrogen-bond donors (Lipinski definition) is 2. The molecular formula is C15H15N3O2. The fraction of sp³-hybridized carbons (Fsp3) is 0.200. The number of hydrogen-bond acceptors (Lipinski definition) is 2. The number of nitrogens with zero attached hydrogens (tertiary/aromatic N) is 2.